The Morgan fingerprint density at radius 2 is 2.14 bits per heavy atom. The highest BCUT2D eigenvalue weighted by Crippen LogP contribution is 2.06. The van der Waals surface area contributed by atoms with Gasteiger partial charge in [-0.3, -0.25) is 9.97 Å². The maximum absolute atomic E-state index is 7.29. The van der Waals surface area contributed by atoms with E-state index in [0.717, 1.165) is 18.7 Å². The first-order valence-corrected chi connectivity index (χ1v) is 7.11. The Bertz CT molecular complexity index is 562. The number of nitrogens with zero attached hydrogens (tertiary/aromatic N) is 2. The van der Waals surface area contributed by atoms with Crippen molar-refractivity contribution in [1.29, 1.82) is 5.41 Å². The van der Waals surface area contributed by atoms with Crippen LogP contribution in [0.2, 0.25) is 0 Å². The Morgan fingerprint density at radius 1 is 1.36 bits per heavy atom. The standard InChI is InChI=1S/C17H22N4O/c1-3-15(6-5-9-19-12-13-22-4-2)7-8-16-17(14-18)21-11-10-20-16/h3,5-11,14,18-19H,1,4,12-13H2,2H3/b8-7+,9-5+,15-6+,18-14?. The van der Waals surface area contributed by atoms with Crippen LogP contribution >= 0.6 is 0 Å². The van der Waals surface area contributed by atoms with Crippen molar-refractivity contribution in [3.05, 3.63) is 66.4 Å². The van der Waals surface area contributed by atoms with Crippen LogP contribution < -0.4 is 5.32 Å². The molecule has 5 nitrogen and oxygen atoms in total. The van der Waals surface area contributed by atoms with Gasteiger partial charge in [-0.1, -0.05) is 24.8 Å². The van der Waals surface area contributed by atoms with Crippen LogP contribution in [-0.4, -0.2) is 35.9 Å². The van der Waals surface area contributed by atoms with E-state index in [2.05, 4.69) is 21.9 Å². The number of hydrogen-bond donors (Lipinski definition) is 2. The molecule has 0 fully saturated rings. The molecule has 1 rings (SSSR count). The van der Waals surface area contributed by atoms with Crippen LogP contribution in [-0.2, 0) is 4.74 Å². The monoisotopic (exact) mass is 298 g/mol. The average Bonchev–Trinajstić information content (AvgIpc) is 2.57. The Morgan fingerprint density at radius 3 is 2.82 bits per heavy atom. The summed E-state index contributed by atoms with van der Waals surface area (Å²) in [6.45, 7) is 7.96. The average molecular weight is 298 g/mol. The smallest absolute Gasteiger partial charge is 0.106 e. The molecule has 0 saturated carbocycles. The maximum atomic E-state index is 7.29. The van der Waals surface area contributed by atoms with E-state index in [1.54, 1.807) is 18.5 Å². The van der Waals surface area contributed by atoms with Gasteiger partial charge in [0, 0.05) is 31.8 Å². The molecule has 0 saturated heterocycles. The summed E-state index contributed by atoms with van der Waals surface area (Å²) in [6, 6.07) is 0. The summed E-state index contributed by atoms with van der Waals surface area (Å²) < 4.78 is 5.22. The molecule has 1 aromatic heterocycles. The lowest BCUT2D eigenvalue weighted by atomic mass is 10.2. The van der Waals surface area contributed by atoms with Crippen LogP contribution in [0, 0.1) is 5.41 Å². The quantitative estimate of drug-likeness (QED) is 0.396. The van der Waals surface area contributed by atoms with Crippen LogP contribution in [0.5, 0.6) is 0 Å². The fourth-order valence-electron chi connectivity index (χ4n) is 1.55. The molecule has 0 aromatic carbocycles. The molecule has 0 unspecified atom stereocenters. The Balaban J connectivity index is 2.58. The third-order valence-corrected chi connectivity index (χ3v) is 2.66. The topological polar surface area (TPSA) is 70.9 Å². The summed E-state index contributed by atoms with van der Waals surface area (Å²) in [5, 5.41) is 10.4. The number of hydrogen-bond acceptors (Lipinski definition) is 5. The van der Waals surface area contributed by atoms with Gasteiger partial charge in [-0.05, 0) is 30.8 Å². The van der Waals surface area contributed by atoms with E-state index in [1.807, 2.05) is 37.4 Å². The van der Waals surface area contributed by atoms with E-state index in [4.69, 9.17) is 10.1 Å². The fraction of sp³-hybridized carbons (Fsp3) is 0.235. The molecule has 0 bridgehead atoms. The van der Waals surface area contributed by atoms with Crippen LogP contribution in [0.1, 0.15) is 18.3 Å². The van der Waals surface area contributed by atoms with Gasteiger partial charge in [0.25, 0.3) is 0 Å². The molecule has 116 valence electrons. The summed E-state index contributed by atoms with van der Waals surface area (Å²) in [5.41, 5.74) is 2.13. The van der Waals surface area contributed by atoms with Crippen molar-refractivity contribution < 1.29 is 4.74 Å². The highest BCUT2D eigenvalue weighted by Gasteiger charge is 1.97. The number of allylic oxidation sites excluding steroid dienone is 5. The van der Waals surface area contributed by atoms with Crippen LogP contribution in [0.25, 0.3) is 6.08 Å². The second kappa shape index (κ2) is 11.2. The molecule has 0 atom stereocenters. The lowest BCUT2D eigenvalue weighted by Crippen LogP contribution is -2.13. The van der Waals surface area contributed by atoms with E-state index in [9.17, 15) is 0 Å². The second-order valence-electron chi connectivity index (χ2n) is 4.19. The van der Waals surface area contributed by atoms with Crippen molar-refractivity contribution in [2.75, 3.05) is 19.8 Å². The first kappa shape index (κ1) is 17.5. The van der Waals surface area contributed by atoms with Crippen molar-refractivity contribution in [1.82, 2.24) is 15.3 Å². The Labute approximate surface area is 131 Å². The lowest BCUT2D eigenvalue weighted by molar-refractivity contribution is 0.152. The molecular formula is C17H22N4O. The van der Waals surface area contributed by atoms with Gasteiger partial charge in [0.15, 0.2) is 0 Å². The lowest BCUT2D eigenvalue weighted by Gasteiger charge is -2.00. The molecule has 1 heterocycles. The van der Waals surface area contributed by atoms with Gasteiger partial charge in [-0.2, -0.15) is 0 Å². The van der Waals surface area contributed by atoms with Crippen molar-refractivity contribution in [3.8, 4) is 0 Å². The molecule has 1 aromatic rings. The van der Waals surface area contributed by atoms with Crippen molar-refractivity contribution in [3.63, 3.8) is 0 Å². The molecule has 2 N–H and O–H groups in total. The summed E-state index contributed by atoms with van der Waals surface area (Å²) in [7, 11) is 0. The zero-order valence-corrected chi connectivity index (χ0v) is 12.8. The second-order valence-corrected chi connectivity index (χ2v) is 4.19. The number of nitrogens with one attached hydrogen (secondary N) is 2. The Hall–Kier alpha value is -2.53. The molecular weight excluding hydrogens is 276 g/mol. The molecule has 0 aliphatic carbocycles. The minimum Gasteiger partial charge on any atom is -0.389 e. The normalized spacial score (nSPS) is 12.0. The van der Waals surface area contributed by atoms with Gasteiger partial charge in [0.05, 0.1) is 12.3 Å². The predicted octanol–water partition coefficient (Wildman–Crippen LogP) is 2.74. The van der Waals surface area contributed by atoms with Crippen molar-refractivity contribution in [2.24, 2.45) is 0 Å². The zero-order valence-electron chi connectivity index (χ0n) is 12.8. The van der Waals surface area contributed by atoms with Gasteiger partial charge < -0.3 is 15.5 Å². The number of aromatic nitrogens is 2. The first-order valence-electron chi connectivity index (χ1n) is 7.11. The van der Waals surface area contributed by atoms with Crippen LogP contribution in [0.15, 0.2) is 55.0 Å². The number of ether oxygens (including phenoxy) is 1. The van der Waals surface area contributed by atoms with Gasteiger partial charge in [0.2, 0.25) is 0 Å². The largest absolute Gasteiger partial charge is 0.389 e. The minimum atomic E-state index is 0.537. The molecule has 0 aliphatic heterocycles. The van der Waals surface area contributed by atoms with E-state index in [1.165, 1.54) is 6.21 Å². The van der Waals surface area contributed by atoms with Gasteiger partial charge in [-0.15, -0.1) is 0 Å². The highest BCUT2D eigenvalue weighted by atomic mass is 16.5. The fourth-order valence-corrected chi connectivity index (χ4v) is 1.55. The van der Waals surface area contributed by atoms with Crippen molar-refractivity contribution >= 4 is 12.3 Å². The summed E-state index contributed by atoms with van der Waals surface area (Å²) in [5.74, 6) is 0. The van der Waals surface area contributed by atoms with E-state index in [0.29, 0.717) is 18.0 Å². The molecule has 0 amide bonds. The zero-order chi connectivity index (χ0) is 16.0. The SMILES string of the molecule is C=CC(/C=C/c1nccnc1C=N)=C\C=C\NCCOCC. The third-order valence-electron chi connectivity index (χ3n) is 2.66. The number of rotatable bonds is 10. The third kappa shape index (κ3) is 6.76. The van der Waals surface area contributed by atoms with E-state index >= 15 is 0 Å². The molecule has 0 radical (unpaired) electrons. The molecule has 5 heteroatoms. The molecule has 0 aliphatic rings. The molecule has 22 heavy (non-hydrogen) atoms. The van der Waals surface area contributed by atoms with E-state index < -0.39 is 0 Å². The van der Waals surface area contributed by atoms with E-state index in [-0.39, 0.29) is 0 Å². The minimum absolute atomic E-state index is 0.537. The Kier molecular flexibility index (Phi) is 8.89. The highest BCUT2D eigenvalue weighted by molar-refractivity contribution is 5.79. The first-order chi connectivity index (χ1) is 10.8. The van der Waals surface area contributed by atoms with Crippen LogP contribution in [0.4, 0.5) is 0 Å². The molecule has 0 spiro atoms. The summed E-state index contributed by atoms with van der Waals surface area (Å²) in [4.78, 5) is 8.26. The van der Waals surface area contributed by atoms with Crippen LogP contribution in [0.3, 0.4) is 0 Å². The van der Waals surface area contributed by atoms with Gasteiger partial charge in [-0.25, -0.2) is 0 Å². The summed E-state index contributed by atoms with van der Waals surface area (Å²) >= 11 is 0. The van der Waals surface area contributed by atoms with Crippen molar-refractivity contribution in [2.45, 2.75) is 6.92 Å². The summed E-state index contributed by atoms with van der Waals surface area (Å²) in [6.07, 6.45) is 15.5. The maximum Gasteiger partial charge on any atom is 0.106 e. The van der Waals surface area contributed by atoms with Gasteiger partial charge >= 0.3 is 0 Å². The van der Waals surface area contributed by atoms with Gasteiger partial charge in [0.1, 0.15) is 5.69 Å². The predicted molar refractivity (Wildman–Crippen MR) is 90.9 cm³/mol.